The van der Waals surface area contributed by atoms with Gasteiger partial charge in [-0.15, -0.1) is 0 Å². The number of likely N-dealkylation sites (tertiary alicyclic amines) is 1. The number of hydrogen-bond acceptors (Lipinski definition) is 3. The number of carbonyl (C=O) groups is 1. The van der Waals surface area contributed by atoms with Crippen LogP contribution in [-0.2, 0) is 0 Å². The van der Waals surface area contributed by atoms with Gasteiger partial charge in [-0.2, -0.15) is 0 Å². The molecule has 6 heteroatoms. The van der Waals surface area contributed by atoms with E-state index in [1.54, 1.807) is 6.92 Å². The molecular formula is C12H12FN3O2. The monoisotopic (exact) mass is 249 g/mol. The number of imidazole rings is 1. The van der Waals surface area contributed by atoms with E-state index in [0.29, 0.717) is 11.0 Å². The summed E-state index contributed by atoms with van der Waals surface area (Å²) in [7, 11) is 0. The number of fused-ring (bicyclic) bond motifs is 1. The maximum atomic E-state index is 13.4. The minimum Gasteiger partial charge on any atom is -0.386 e. The lowest BCUT2D eigenvalue weighted by molar-refractivity contribution is -0.0668. The van der Waals surface area contributed by atoms with Gasteiger partial charge >= 0.3 is 0 Å². The smallest absolute Gasteiger partial charge is 0.256 e. The number of halogens is 1. The predicted octanol–water partition coefficient (Wildman–Crippen LogP) is 0.909. The summed E-state index contributed by atoms with van der Waals surface area (Å²) >= 11 is 0. The standard InChI is InChI=1S/C12H12FN3O2/c1-12(18)4-16(5-12)11(17)8-2-7(13)3-9-10(8)15-6-14-9/h2-3,6,18H,4-5H2,1H3,(H,14,15). The molecule has 1 aromatic carbocycles. The van der Waals surface area contributed by atoms with E-state index in [9.17, 15) is 14.3 Å². The second-order valence-electron chi connectivity index (χ2n) is 4.91. The van der Waals surface area contributed by atoms with Crippen molar-refractivity contribution in [2.45, 2.75) is 12.5 Å². The molecule has 0 radical (unpaired) electrons. The van der Waals surface area contributed by atoms with Crippen LogP contribution >= 0.6 is 0 Å². The topological polar surface area (TPSA) is 69.2 Å². The molecule has 0 aliphatic carbocycles. The molecule has 5 nitrogen and oxygen atoms in total. The molecule has 1 saturated heterocycles. The first-order valence-corrected chi connectivity index (χ1v) is 5.61. The molecule has 1 fully saturated rings. The van der Waals surface area contributed by atoms with Crippen molar-refractivity contribution in [3.05, 3.63) is 29.8 Å². The first-order valence-electron chi connectivity index (χ1n) is 5.61. The highest BCUT2D eigenvalue weighted by Crippen LogP contribution is 2.25. The number of hydrogen-bond donors (Lipinski definition) is 2. The van der Waals surface area contributed by atoms with Gasteiger partial charge in [0.1, 0.15) is 11.3 Å². The summed E-state index contributed by atoms with van der Waals surface area (Å²) in [5.74, 6) is -0.791. The van der Waals surface area contributed by atoms with Crippen LogP contribution in [0.4, 0.5) is 4.39 Å². The van der Waals surface area contributed by atoms with E-state index < -0.39 is 11.4 Å². The van der Waals surface area contributed by atoms with Crippen LogP contribution < -0.4 is 0 Å². The molecule has 1 aliphatic rings. The Morgan fingerprint density at radius 1 is 1.56 bits per heavy atom. The van der Waals surface area contributed by atoms with E-state index in [0.717, 1.165) is 0 Å². The van der Waals surface area contributed by atoms with Crippen molar-refractivity contribution in [2.24, 2.45) is 0 Å². The van der Waals surface area contributed by atoms with Gasteiger partial charge in [0.05, 0.1) is 36.1 Å². The Morgan fingerprint density at radius 2 is 2.28 bits per heavy atom. The fourth-order valence-corrected chi connectivity index (χ4v) is 2.27. The lowest BCUT2D eigenvalue weighted by Gasteiger charge is -2.44. The number of aromatic amines is 1. The molecule has 18 heavy (non-hydrogen) atoms. The minimum atomic E-state index is -0.840. The lowest BCUT2D eigenvalue weighted by atomic mass is 9.95. The van der Waals surface area contributed by atoms with Crippen molar-refractivity contribution in [3.63, 3.8) is 0 Å². The molecule has 1 aromatic heterocycles. The molecule has 1 amide bonds. The van der Waals surface area contributed by atoms with Gasteiger partial charge < -0.3 is 15.0 Å². The normalized spacial score (nSPS) is 17.8. The summed E-state index contributed by atoms with van der Waals surface area (Å²) in [4.78, 5) is 20.4. The number of benzene rings is 1. The molecule has 3 rings (SSSR count). The van der Waals surface area contributed by atoms with Crippen molar-refractivity contribution >= 4 is 16.9 Å². The van der Waals surface area contributed by atoms with Crippen LogP contribution in [0.15, 0.2) is 18.5 Å². The van der Waals surface area contributed by atoms with Gasteiger partial charge in [-0.25, -0.2) is 9.37 Å². The number of aliphatic hydroxyl groups is 1. The zero-order valence-electron chi connectivity index (χ0n) is 9.77. The highest BCUT2D eigenvalue weighted by atomic mass is 19.1. The Kier molecular flexibility index (Phi) is 2.18. The van der Waals surface area contributed by atoms with Crippen molar-refractivity contribution < 1.29 is 14.3 Å². The number of rotatable bonds is 1. The maximum Gasteiger partial charge on any atom is 0.256 e. The fourth-order valence-electron chi connectivity index (χ4n) is 2.27. The van der Waals surface area contributed by atoms with Crippen molar-refractivity contribution in [3.8, 4) is 0 Å². The molecule has 94 valence electrons. The Labute approximate surface area is 102 Å². The highest BCUT2D eigenvalue weighted by Gasteiger charge is 2.40. The molecule has 0 unspecified atom stereocenters. The number of H-pyrrole nitrogens is 1. The molecule has 0 spiro atoms. The summed E-state index contributed by atoms with van der Waals surface area (Å²) in [6.07, 6.45) is 1.42. The zero-order valence-corrected chi connectivity index (χ0v) is 9.77. The van der Waals surface area contributed by atoms with E-state index in [4.69, 9.17) is 0 Å². The van der Waals surface area contributed by atoms with Crippen LogP contribution in [0.5, 0.6) is 0 Å². The van der Waals surface area contributed by atoms with E-state index >= 15 is 0 Å². The van der Waals surface area contributed by atoms with Crippen LogP contribution in [0.3, 0.4) is 0 Å². The van der Waals surface area contributed by atoms with Crippen LogP contribution in [0.2, 0.25) is 0 Å². The molecular weight excluding hydrogens is 237 g/mol. The summed E-state index contributed by atoms with van der Waals surface area (Å²) in [5, 5.41) is 9.62. The Balaban J connectivity index is 1.99. The summed E-state index contributed by atoms with van der Waals surface area (Å²) in [6, 6.07) is 2.48. The van der Waals surface area contributed by atoms with Gasteiger partial charge in [-0.3, -0.25) is 4.79 Å². The van der Waals surface area contributed by atoms with E-state index in [1.807, 2.05) is 0 Å². The number of nitrogens with one attached hydrogen (secondary N) is 1. The Morgan fingerprint density at radius 3 is 2.94 bits per heavy atom. The summed E-state index contributed by atoms with van der Waals surface area (Å²) < 4.78 is 13.4. The van der Waals surface area contributed by atoms with Gasteiger partial charge in [-0.05, 0) is 19.1 Å². The van der Waals surface area contributed by atoms with Crippen molar-refractivity contribution in [1.82, 2.24) is 14.9 Å². The molecule has 2 heterocycles. The molecule has 0 saturated carbocycles. The van der Waals surface area contributed by atoms with Crippen LogP contribution in [0, 0.1) is 5.82 Å². The third kappa shape index (κ3) is 1.65. The van der Waals surface area contributed by atoms with Gasteiger partial charge in [0.25, 0.3) is 5.91 Å². The first-order chi connectivity index (χ1) is 8.46. The van der Waals surface area contributed by atoms with Crippen LogP contribution in [0.25, 0.3) is 11.0 Å². The Bertz CT molecular complexity index is 627. The number of β-amino-alcohol motifs (C(OH)–C–C–N with tert-alkyl or cyclic N) is 1. The Hall–Kier alpha value is -1.95. The minimum absolute atomic E-state index is 0.224. The number of amides is 1. The van der Waals surface area contributed by atoms with E-state index in [1.165, 1.54) is 23.4 Å². The molecule has 0 atom stereocenters. The quantitative estimate of drug-likeness (QED) is 0.789. The molecule has 1 aliphatic heterocycles. The second-order valence-corrected chi connectivity index (χ2v) is 4.91. The van der Waals surface area contributed by atoms with Gasteiger partial charge in [0.15, 0.2) is 0 Å². The van der Waals surface area contributed by atoms with Crippen molar-refractivity contribution in [2.75, 3.05) is 13.1 Å². The van der Waals surface area contributed by atoms with Gasteiger partial charge in [0, 0.05) is 0 Å². The lowest BCUT2D eigenvalue weighted by Crippen LogP contribution is -2.61. The maximum absolute atomic E-state index is 13.4. The summed E-state index contributed by atoms with van der Waals surface area (Å²) in [5.41, 5.74) is 0.327. The van der Waals surface area contributed by atoms with Gasteiger partial charge in [0.2, 0.25) is 0 Å². The third-order valence-corrected chi connectivity index (χ3v) is 3.07. The number of carbonyl (C=O) groups excluding carboxylic acids is 1. The SMILES string of the molecule is CC1(O)CN(C(=O)c2cc(F)cc3[nH]cnc23)C1. The molecule has 2 aromatic rings. The van der Waals surface area contributed by atoms with Gasteiger partial charge in [-0.1, -0.05) is 0 Å². The van der Waals surface area contributed by atoms with E-state index in [-0.39, 0.29) is 24.6 Å². The highest BCUT2D eigenvalue weighted by molar-refractivity contribution is 6.05. The average molecular weight is 249 g/mol. The van der Waals surface area contributed by atoms with Crippen LogP contribution in [-0.4, -0.2) is 44.6 Å². The zero-order chi connectivity index (χ0) is 12.9. The second kappa shape index (κ2) is 3.52. The average Bonchev–Trinajstić information content (AvgIpc) is 2.71. The molecule has 0 bridgehead atoms. The van der Waals surface area contributed by atoms with E-state index in [2.05, 4.69) is 9.97 Å². The molecule has 2 N–H and O–H groups in total. The fraction of sp³-hybridized carbons (Fsp3) is 0.333. The van der Waals surface area contributed by atoms with Crippen LogP contribution in [0.1, 0.15) is 17.3 Å². The van der Waals surface area contributed by atoms with Crippen molar-refractivity contribution in [1.29, 1.82) is 0 Å². The largest absolute Gasteiger partial charge is 0.386 e. The first kappa shape index (κ1) is 11.2. The predicted molar refractivity (Wildman–Crippen MR) is 62.6 cm³/mol. The number of aromatic nitrogens is 2. The number of nitrogens with zero attached hydrogens (tertiary/aromatic N) is 2. The third-order valence-electron chi connectivity index (χ3n) is 3.07. The summed E-state index contributed by atoms with van der Waals surface area (Å²) in [6.45, 7) is 2.18.